The van der Waals surface area contributed by atoms with Gasteiger partial charge in [0, 0.05) is 18.3 Å². The van der Waals surface area contributed by atoms with Gasteiger partial charge >= 0.3 is 12.5 Å². The van der Waals surface area contributed by atoms with Gasteiger partial charge in [0.15, 0.2) is 11.5 Å². The van der Waals surface area contributed by atoms with Crippen molar-refractivity contribution >= 4 is 5.69 Å². The van der Waals surface area contributed by atoms with Gasteiger partial charge in [0.2, 0.25) is 0 Å². The topological polar surface area (TPSA) is 39.7 Å². The van der Waals surface area contributed by atoms with Crippen molar-refractivity contribution in [1.29, 1.82) is 0 Å². The van der Waals surface area contributed by atoms with Crippen molar-refractivity contribution in [3.8, 4) is 11.5 Å². The molecule has 4 nitrogen and oxygen atoms in total. The molecule has 0 saturated carbocycles. The summed E-state index contributed by atoms with van der Waals surface area (Å²) in [6.45, 7) is -1.42. The molecule has 1 aromatic rings. The van der Waals surface area contributed by atoms with E-state index in [1.54, 1.807) is 0 Å². The van der Waals surface area contributed by atoms with Crippen molar-refractivity contribution in [2.75, 3.05) is 25.1 Å². The zero-order valence-corrected chi connectivity index (χ0v) is 9.97. The molecule has 9 heteroatoms. The highest BCUT2D eigenvalue weighted by atomic mass is 19.4. The van der Waals surface area contributed by atoms with Crippen LogP contribution in [0, 0.1) is 0 Å². The third-order valence-corrected chi connectivity index (χ3v) is 2.24. The number of fused-ring (bicyclic) bond motifs is 1. The van der Waals surface area contributed by atoms with Gasteiger partial charge in [-0.15, -0.1) is 8.78 Å². The molecule has 1 N–H and O–H groups in total. The van der Waals surface area contributed by atoms with Gasteiger partial charge in [0.1, 0.15) is 6.61 Å². The van der Waals surface area contributed by atoms with Gasteiger partial charge < -0.3 is 19.5 Å². The van der Waals surface area contributed by atoms with Gasteiger partial charge in [-0.05, 0) is 12.1 Å². The van der Waals surface area contributed by atoms with Crippen molar-refractivity contribution in [3.05, 3.63) is 18.2 Å². The standard InChI is InChI=1S/C11H10F5NO3/c12-10(13,14)6-18-4-3-17-7-1-2-8-9(5-7)20-11(15,16)19-8/h1-2,5,17H,3-4,6H2. The molecule has 0 bridgehead atoms. The lowest BCUT2D eigenvalue weighted by molar-refractivity contribution is -0.286. The average Bonchev–Trinajstić information content (AvgIpc) is 2.60. The Labute approximate surface area is 110 Å². The maximum Gasteiger partial charge on any atom is 0.586 e. The van der Waals surface area contributed by atoms with E-state index >= 15 is 0 Å². The molecule has 0 spiro atoms. The molecule has 20 heavy (non-hydrogen) atoms. The number of nitrogens with one attached hydrogen (secondary N) is 1. The number of benzene rings is 1. The summed E-state index contributed by atoms with van der Waals surface area (Å²) in [5, 5.41) is 2.72. The molecule has 112 valence electrons. The minimum atomic E-state index is -4.37. The van der Waals surface area contributed by atoms with E-state index in [1.165, 1.54) is 18.2 Å². The Morgan fingerprint density at radius 3 is 2.55 bits per heavy atom. The van der Waals surface area contributed by atoms with E-state index in [4.69, 9.17) is 0 Å². The number of halogens is 5. The predicted molar refractivity (Wildman–Crippen MR) is 58.0 cm³/mol. The number of anilines is 1. The van der Waals surface area contributed by atoms with Crippen LogP contribution < -0.4 is 14.8 Å². The SMILES string of the molecule is FC(F)(F)COCCNc1ccc2c(c1)OC(F)(F)O2. The zero-order chi connectivity index (χ0) is 14.8. The van der Waals surface area contributed by atoms with Crippen LogP contribution in [-0.4, -0.2) is 32.2 Å². The van der Waals surface area contributed by atoms with Crippen LogP contribution in [0.4, 0.5) is 27.6 Å². The molecule has 0 amide bonds. The fourth-order valence-corrected chi connectivity index (χ4v) is 1.51. The quantitative estimate of drug-likeness (QED) is 0.670. The average molecular weight is 299 g/mol. The van der Waals surface area contributed by atoms with Crippen LogP contribution in [0.2, 0.25) is 0 Å². The highest BCUT2D eigenvalue weighted by molar-refractivity contribution is 5.55. The number of hydrogen-bond acceptors (Lipinski definition) is 4. The van der Waals surface area contributed by atoms with Crippen LogP contribution in [0.5, 0.6) is 11.5 Å². The summed E-state index contributed by atoms with van der Waals surface area (Å²) in [6, 6.07) is 3.97. The van der Waals surface area contributed by atoms with Gasteiger partial charge in [-0.3, -0.25) is 0 Å². The Balaban J connectivity index is 1.78. The van der Waals surface area contributed by atoms with Gasteiger partial charge in [-0.25, -0.2) is 0 Å². The summed E-state index contributed by atoms with van der Waals surface area (Å²) in [7, 11) is 0. The first kappa shape index (κ1) is 14.6. The van der Waals surface area contributed by atoms with Crippen molar-refractivity contribution in [2.45, 2.75) is 12.5 Å². The first-order valence-electron chi connectivity index (χ1n) is 5.53. The second kappa shape index (κ2) is 5.31. The van der Waals surface area contributed by atoms with E-state index < -0.39 is 19.1 Å². The third kappa shape index (κ3) is 4.12. The van der Waals surface area contributed by atoms with Crippen LogP contribution in [0.15, 0.2) is 18.2 Å². The highest BCUT2D eigenvalue weighted by Gasteiger charge is 2.43. The normalized spacial score (nSPS) is 16.2. The van der Waals surface area contributed by atoms with Crippen LogP contribution in [0.25, 0.3) is 0 Å². The van der Waals surface area contributed by atoms with Gasteiger partial charge in [-0.2, -0.15) is 13.2 Å². The first-order valence-corrected chi connectivity index (χ1v) is 5.53. The minimum absolute atomic E-state index is 0.0894. The highest BCUT2D eigenvalue weighted by Crippen LogP contribution is 2.42. The number of ether oxygens (including phenoxy) is 3. The van der Waals surface area contributed by atoms with Gasteiger partial charge in [0.25, 0.3) is 0 Å². The van der Waals surface area contributed by atoms with Crippen molar-refractivity contribution < 1.29 is 36.2 Å². The zero-order valence-electron chi connectivity index (χ0n) is 9.97. The van der Waals surface area contributed by atoms with Gasteiger partial charge in [-0.1, -0.05) is 0 Å². The van der Waals surface area contributed by atoms with Gasteiger partial charge in [0.05, 0.1) is 6.61 Å². The molecule has 2 rings (SSSR count). The summed E-state index contributed by atoms with van der Waals surface area (Å²) >= 11 is 0. The third-order valence-electron chi connectivity index (χ3n) is 2.24. The largest absolute Gasteiger partial charge is 0.586 e. The molecule has 1 heterocycles. The van der Waals surface area contributed by atoms with E-state index in [-0.39, 0.29) is 24.7 Å². The van der Waals surface area contributed by atoms with E-state index in [0.29, 0.717) is 5.69 Å². The number of alkyl halides is 5. The number of hydrogen-bond donors (Lipinski definition) is 1. The summed E-state index contributed by atoms with van der Waals surface area (Å²) in [5.74, 6) is -0.245. The minimum Gasteiger partial charge on any atom is -0.395 e. The number of rotatable bonds is 5. The summed E-state index contributed by atoms with van der Waals surface area (Å²) in [5.41, 5.74) is 0.403. The molecule has 0 unspecified atom stereocenters. The summed E-state index contributed by atoms with van der Waals surface area (Å²) in [4.78, 5) is 0. The molecular formula is C11H10F5NO3. The Morgan fingerprint density at radius 1 is 1.15 bits per heavy atom. The van der Waals surface area contributed by atoms with Crippen molar-refractivity contribution in [1.82, 2.24) is 0 Å². The van der Waals surface area contributed by atoms with Crippen molar-refractivity contribution in [2.24, 2.45) is 0 Å². The summed E-state index contributed by atoms with van der Waals surface area (Å²) in [6.07, 6.45) is -8.07. The smallest absolute Gasteiger partial charge is 0.395 e. The fraction of sp³-hybridized carbons (Fsp3) is 0.455. The van der Waals surface area contributed by atoms with Crippen LogP contribution in [0.1, 0.15) is 0 Å². The maximum absolute atomic E-state index is 12.7. The molecule has 0 radical (unpaired) electrons. The van der Waals surface area contributed by atoms with E-state index in [0.717, 1.165) is 0 Å². The lowest BCUT2D eigenvalue weighted by Crippen LogP contribution is -2.25. The molecule has 0 aliphatic carbocycles. The molecule has 1 aromatic carbocycles. The Kier molecular flexibility index (Phi) is 3.89. The van der Waals surface area contributed by atoms with Crippen LogP contribution in [-0.2, 0) is 4.74 Å². The molecule has 0 saturated heterocycles. The van der Waals surface area contributed by atoms with E-state index in [2.05, 4.69) is 19.5 Å². The molecule has 0 aromatic heterocycles. The second-order valence-electron chi connectivity index (χ2n) is 3.92. The molecular weight excluding hydrogens is 289 g/mol. The van der Waals surface area contributed by atoms with Crippen LogP contribution >= 0.6 is 0 Å². The second-order valence-corrected chi connectivity index (χ2v) is 3.92. The Bertz CT molecular complexity index is 478. The maximum atomic E-state index is 12.7. The van der Waals surface area contributed by atoms with Crippen molar-refractivity contribution in [3.63, 3.8) is 0 Å². The van der Waals surface area contributed by atoms with E-state index in [9.17, 15) is 22.0 Å². The summed E-state index contributed by atoms with van der Waals surface area (Å²) < 4.78 is 73.6. The lowest BCUT2D eigenvalue weighted by atomic mass is 10.3. The van der Waals surface area contributed by atoms with E-state index in [1.807, 2.05) is 0 Å². The first-order chi connectivity index (χ1) is 9.25. The fourth-order valence-electron chi connectivity index (χ4n) is 1.51. The molecule has 0 fully saturated rings. The lowest BCUT2D eigenvalue weighted by Gasteiger charge is -2.09. The predicted octanol–water partition coefficient (Wildman–Crippen LogP) is 3.00. The molecule has 1 aliphatic rings. The molecule has 1 aliphatic heterocycles. The Morgan fingerprint density at radius 2 is 1.85 bits per heavy atom. The Hall–Kier alpha value is -1.77. The molecule has 0 atom stereocenters. The monoisotopic (exact) mass is 299 g/mol. The van der Waals surface area contributed by atoms with Crippen LogP contribution in [0.3, 0.4) is 0 Å².